The summed E-state index contributed by atoms with van der Waals surface area (Å²) in [6.45, 7) is -0.175. The normalized spacial score (nSPS) is 10.6. The van der Waals surface area contributed by atoms with Crippen molar-refractivity contribution in [2.75, 3.05) is 0 Å². The molecule has 0 aromatic heterocycles. The lowest BCUT2D eigenvalue weighted by Gasteiger charge is -2.02. The molecule has 13 heavy (non-hydrogen) atoms. The van der Waals surface area contributed by atoms with Gasteiger partial charge in [0.2, 0.25) is 0 Å². The molecule has 0 aliphatic rings. The van der Waals surface area contributed by atoms with Gasteiger partial charge in [0.1, 0.15) is 6.61 Å². The van der Waals surface area contributed by atoms with Gasteiger partial charge in [-0.05, 0) is 28.5 Å². The second-order valence-electron chi connectivity index (χ2n) is 2.94. The molecular formula is C11H8BrO. The highest BCUT2D eigenvalue weighted by molar-refractivity contribution is 9.10. The van der Waals surface area contributed by atoms with Crippen molar-refractivity contribution in [3.8, 4) is 0 Å². The fourth-order valence-corrected chi connectivity index (χ4v) is 1.85. The molecule has 0 fully saturated rings. The Bertz CT molecular complexity index is 437. The van der Waals surface area contributed by atoms with Crippen molar-refractivity contribution in [3.05, 3.63) is 46.4 Å². The first-order valence-electron chi connectivity index (χ1n) is 4.06. The lowest BCUT2D eigenvalue weighted by molar-refractivity contribution is 0.177. The Morgan fingerprint density at radius 3 is 2.31 bits per heavy atom. The van der Waals surface area contributed by atoms with E-state index < -0.39 is 0 Å². The molecule has 0 aliphatic carbocycles. The summed E-state index contributed by atoms with van der Waals surface area (Å²) < 4.78 is 0.904. The molecule has 0 saturated carbocycles. The summed E-state index contributed by atoms with van der Waals surface area (Å²) >= 11 is 3.38. The highest BCUT2D eigenvalue weighted by Crippen LogP contribution is 2.24. The van der Waals surface area contributed by atoms with Crippen LogP contribution in [0.5, 0.6) is 0 Å². The SMILES string of the molecule is [O]Cc1cc2ccccc2cc1Br. The Hall–Kier alpha value is -0.860. The third kappa shape index (κ3) is 1.60. The van der Waals surface area contributed by atoms with E-state index in [1.807, 2.05) is 36.4 Å². The molecule has 0 bridgehead atoms. The molecule has 2 heteroatoms. The summed E-state index contributed by atoms with van der Waals surface area (Å²) in [5.41, 5.74) is 0.818. The van der Waals surface area contributed by atoms with Crippen molar-refractivity contribution in [3.63, 3.8) is 0 Å². The summed E-state index contributed by atoms with van der Waals surface area (Å²) in [4.78, 5) is 0. The zero-order valence-corrected chi connectivity index (χ0v) is 8.54. The van der Waals surface area contributed by atoms with Crippen LogP contribution in [0.15, 0.2) is 40.9 Å². The molecule has 1 nitrogen and oxygen atoms in total. The van der Waals surface area contributed by atoms with Gasteiger partial charge in [0.15, 0.2) is 0 Å². The Morgan fingerprint density at radius 2 is 1.69 bits per heavy atom. The van der Waals surface area contributed by atoms with Crippen LogP contribution >= 0.6 is 15.9 Å². The third-order valence-electron chi connectivity index (χ3n) is 2.07. The first kappa shape index (κ1) is 8.73. The van der Waals surface area contributed by atoms with Gasteiger partial charge in [-0.2, -0.15) is 0 Å². The van der Waals surface area contributed by atoms with Crippen LogP contribution in [0.2, 0.25) is 0 Å². The molecule has 65 valence electrons. The maximum Gasteiger partial charge on any atom is 0.108 e. The average molecular weight is 236 g/mol. The van der Waals surface area contributed by atoms with E-state index in [-0.39, 0.29) is 6.61 Å². The average Bonchev–Trinajstić information content (AvgIpc) is 2.17. The topological polar surface area (TPSA) is 19.9 Å². The number of rotatable bonds is 1. The molecule has 0 N–H and O–H groups in total. The summed E-state index contributed by atoms with van der Waals surface area (Å²) in [6.07, 6.45) is 0. The van der Waals surface area contributed by atoms with Crippen LogP contribution in [-0.4, -0.2) is 0 Å². The van der Waals surface area contributed by atoms with E-state index >= 15 is 0 Å². The van der Waals surface area contributed by atoms with Gasteiger partial charge in [-0.3, -0.25) is 0 Å². The van der Waals surface area contributed by atoms with E-state index in [4.69, 9.17) is 0 Å². The quantitative estimate of drug-likeness (QED) is 0.721. The molecular weight excluding hydrogens is 228 g/mol. The fourth-order valence-electron chi connectivity index (χ4n) is 1.37. The van der Waals surface area contributed by atoms with Crippen molar-refractivity contribution in [2.45, 2.75) is 6.61 Å². The molecule has 0 aliphatic heterocycles. The van der Waals surface area contributed by atoms with Crippen LogP contribution in [0.4, 0.5) is 0 Å². The first-order valence-corrected chi connectivity index (χ1v) is 4.86. The van der Waals surface area contributed by atoms with E-state index in [9.17, 15) is 5.11 Å². The minimum absolute atomic E-state index is 0.175. The molecule has 0 amide bonds. The lowest BCUT2D eigenvalue weighted by atomic mass is 10.1. The van der Waals surface area contributed by atoms with Gasteiger partial charge in [-0.25, -0.2) is 5.11 Å². The maximum atomic E-state index is 10.8. The van der Waals surface area contributed by atoms with Gasteiger partial charge in [0.25, 0.3) is 0 Å². The van der Waals surface area contributed by atoms with E-state index in [2.05, 4.69) is 15.9 Å². The minimum Gasteiger partial charge on any atom is -0.232 e. The van der Waals surface area contributed by atoms with Crippen molar-refractivity contribution >= 4 is 26.7 Å². The predicted molar refractivity (Wildman–Crippen MR) is 56.0 cm³/mol. The lowest BCUT2D eigenvalue weighted by Crippen LogP contribution is -1.84. The van der Waals surface area contributed by atoms with E-state index in [1.54, 1.807) is 0 Å². The van der Waals surface area contributed by atoms with Gasteiger partial charge in [-0.1, -0.05) is 40.2 Å². The maximum absolute atomic E-state index is 10.8. The number of fused-ring (bicyclic) bond motifs is 1. The van der Waals surface area contributed by atoms with Crippen LogP contribution < -0.4 is 0 Å². The predicted octanol–water partition coefficient (Wildman–Crippen LogP) is 3.53. The third-order valence-corrected chi connectivity index (χ3v) is 2.81. The van der Waals surface area contributed by atoms with Gasteiger partial charge >= 0.3 is 0 Å². The standard InChI is InChI=1S/C11H8BrO/c12-11-6-9-4-2-1-3-8(9)5-10(11)7-13/h1-6H,7H2. The molecule has 0 heterocycles. The highest BCUT2D eigenvalue weighted by atomic mass is 79.9. The monoisotopic (exact) mass is 235 g/mol. The van der Waals surface area contributed by atoms with E-state index in [0.717, 1.165) is 20.8 Å². The minimum atomic E-state index is -0.175. The zero-order chi connectivity index (χ0) is 9.26. The van der Waals surface area contributed by atoms with Crippen LogP contribution in [0.3, 0.4) is 0 Å². The molecule has 1 radical (unpaired) electrons. The summed E-state index contributed by atoms with van der Waals surface area (Å²) in [7, 11) is 0. The summed E-state index contributed by atoms with van der Waals surface area (Å²) in [5, 5.41) is 13.0. The molecule has 0 atom stereocenters. The zero-order valence-electron chi connectivity index (χ0n) is 6.96. The Balaban J connectivity index is 2.74. The van der Waals surface area contributed by atoms with Crippen LogP contribution in [0, 0.1) is 0 Å². The molecule has 2 aromatic rings. The van der Waals surface area contributed by atoms with Gasteiger partial charge in [0.05, 0.1) is 0 Å². The van der Waals surface area contributed by atoms with E-state index in [1.165, 1.54) is 0 Å². The fraction of sp³-hybridized carbons (Fsp3) is 0.0909. The molecule has 0 saturated heterocycles. The second kappa shape index (κ2) is 3.48. The Morgan fingerprint density at radius 1 is 1.08 bits per heavy atom. The second-order valence-corrected chi connectivity index (χ2v) is 3.79. The largest absolute Gasteiger partial charge is 0.232 e. The number of hydrogen-bond donors (Lipinski definition) is 0. The smallest absolute Gasteiger partial charge is 0.108 e. The first-order chi connectivity index (χ1) is 6.31. The molecule has 0 spiro atoms. The molecule has 0 unspecified atom stereocenters. The van der Waals surface area contributed by atoms with Crippen molar-refractivity contribution in [2.24, 2.45) is 0 Å². The summed E-state index contributed by atoms with van der Waals surface area (Å²) in [6, 6.07) is 11.9. The van der Waals surface area contributed by atoms with Crippen molar-refractivity contribution in [1.29, 1.82) is 0 Å². The Labute approximate surface area is 85.1 Å². The van der Waals surface area contributed by atoms with Crippen LogP contribution in [0.25, 0.3) is 10.8 Å². The van der Waals surface area contributed by atoms with Gasteiger partial charge < -0.3 is 0 Å². The van der Waals surface area contributed by atoms with Gasteiger partial charge in [0, 0.05) is 4.47 Å². The van der Waals surface area contributed by atoms with Crippen LogP contribution in [0.1, 0.15) is 5.56 Å². The number of hydrogen-bond acceptors (Lipinski definition) is 0. The molecule has 2 rings (SSSR count). The number of benzene rings is 2. The van der Waals surface area contributed by atoms with Gasteiger partial charge in [-0.15, -0.1) is 0 Å². The number of halogens is 1. The van der Waals surface area contributed by atoms with Crippen LogP contribution in [-0.2, 0) is 11.7 Å². The molecule has 2 aromatic carbocycles. The van der Waals surface area contributed by atoms with Crippen molar-refractivity contribution < 1.29 is 5.11 Å². The van der Waals surface area contributed by atoms with Crippen molar-refractivity contribution in [1.82, 2.24) is 0 Å². The van der Waals surface area contributed by atoms with E-state index in [0.29, 0.717) is 0 Å². The Kier molecular flexibility index (Phi) is 2.34. The highest BCUT2D eigenvalue weighted by Gasteiger charge is 2.00. The summed E-state index contributed by atoms with van der Waals surface area (Å²) in [5.74, 6) is 0.